The normalized spacial score (nSPS) is 11.2. The van der Waals surface area contributed by atoms with Crippen LogP contribution in [0.1, 0.15) is 36.0 Å². The second kappa shape index (κ2) is 16.8. The summed E-state index contributed by atoms with van der Waals surface area (Å²) in [5, 5.41) is 0. The van der Waals surface area contributed by atoms with Crippen LogP contribution in [0, 0.1) is 0 Å². The molecule has 0 radical (unpaired) electrons. The molecule has 4 aromatic rings. The predicted molar refractivity (Wildman–Crippen MR) is 171 cm³/mol. The Morgan fingerprint density at radius 1 is 0.727 bits per heavy atom. The quantitative estimate of drug-likeness (QED) is 0.0988. The highest BCUT2D eigenvalue weighted by molar-refractivity contribution is 7.46. The Labute approximate surface area is 259 Å². The van der Waals surface area contributed by atoms with Crippen molar-refractivity contribution in [1.82, 2.24) is 4.90 Å². The first-order valence-electron chi connectivity index (χ1n) is 14.8. The van der Waals surface area contributed by atoms with Gasteiger partial charge in [-0.3, -0.25) is 9.32 Å². The van der Waals surface area contributed by atoms with Crippen LogP contribution in [0.4, 0.5) is 0 Å². The minimum absolute atomic E-state index is 0.0759. The van der Waals surface area contributed by atoms with Crippen molar-refractivity contribution < 1.29 is 33.1 Å². The van der Waals surface area contributed by atoms with Gasteiger partial charge in [-0.1, -0.05) is 78.9 Å². The van der Waals surface area contributed by atoms with Crippen LogP contribution in [0.2, 0.25) is 0 Å². The molecule has 2 N–H and O–H groups in total. The van der Waals surface area contributed by atoms with Gasteiger partial charge in [-0.2, -0.15) is 0 Å². The third kappa shape index (κ3) is 11.3. The van der Waals surface area contributed by atoms with Crippen LogP contribution in [0.3, 0.4) is 0 Å². The number of aryl methyl sites for hydroxylation is 1. The number of phosphoric ester groups is 1. The van der Waals surface area contributed by atoms with Gasteiger partial charge in [0.2, 0.25) is 5.91 Å². The summed E-state index contributed by atoms with van der Waals surface area (Å²) < 4.78 is 26.9. The molecular weight excluding hydrogens is 577 g/mol. The zero-order valence-electron chi connectivity index (χ0n) is 25.0. The molecule has 0 saturated carbocycles. The fraction of sp³-hybridized carbons (Fsp3) is 0.286. The van der Waals surface area contributed by atoms with Crippen LogP contribution >= 0.6 is 7.82 Å². The van der Waals surface area contributed by atoms with E-state index in [1.54, 1.807) is 12.0 Å². The Morgan fingerprint density at radius 2 is 1.43 bits per heavy atom. The van der Waals surface area contributed by atoms with Crippen LogP contribution in [-0.2, 0) is 33.3 Å². The van der Waals surface area contributed by atoms with Gasteiger partial charge >= 0.3 is 7.82 Å². The first-order valence-corrected chi connectivity index (χ1v) is 16.3. The van der Waals surface area contributed by atoms with Crippen molar-refractivity contribution in [3.63, 3.8) is 0 Å². The predicted octanol–water partition coefficient (Wildman–Crippen LogP) is 6.83. The summed E-state index contributed by atoms with van der Waals surface area (Å²) in [6.07, 6.45) is 3.45. The van der Waals surface area contributed by atoms with E-state index < -0.39 is 7.82 Å². The van der Waals surface area contributed by atoms with E-state index in [9.17, 15) is 9.36 Å². The number of carbonyl (C=O) groups is 1. The van der Waals surface area contributed by atoms with Crippen molar-refractivity contribution in [2.75, 3.05) is 26.9 Å². The summed E-state index contributed by atoms with van der Waals surface area (Å²) in [5.74, 6) is 1.44. The molecule has 0 aliphatic carbocycles. The van der Waals surface area contributed by atoms with E-state index in [0.29, 0.717) is 31.7 Å². The van der Waals surface area contributed by atoms with Crippen molar-refractivity contribution in [3.05, 3.63) is 120 Å². The maximum atomic E-state index is 13.0. The average molecular weight is 618 g/mol. The van der Waals surface area contributed by atoms with E-state index in [4.69, 9.17) is 19.3 Å². The summed E-state index contributed by atoms with van der Waals surface area (Å²) in [5.41, 5.74) is 5.65. The number of amides is 1. The largest absolute Gasteiger partial charge is 0.497 e. The zero-order valence-corrected chi connectivity index (χ0v) is 25.9. The van der Waals surface area contributed by atoms with E-state index in [2.05, 4.69) is 53.1 Å². The van der Waals surface area contributed by atoms with Gasteiger partial charge in [-0.05, 0) is 71.3 Å². The van der Waals surface area contributed by atoms with Gasteiger partial charge in [0, 0.05) is 25.9 Å². The first kappa shape index (κ1) is 33.0. The lowest BCUT2D eigenvalue weighted by atomic mass is 10.0. The van der Waals surface area contributed by atoms with Gasteiger partial charge in [-0.15, -0.1) is 0 Å². The molecular formula is C35H40NO7P. The summed E-state index contributed by atoms with van der Waals surface area (Å²) in [4.78, 5) is 32.7. The Morgan fingerprint density at radius 3 is 2.14 bits per heavy atom. The number of rotatable bonds is 17. The molecule has 9 heteroatoms. The van der Waals surface area contributed by atoms with E-state index in [1.165, 1.54) is 16.7 Å². The fourth-order valence-corrected chi connectivity index (χ4v) is 5.17. The van der Waals surface area contributed by atoms with E-state index in [1.807, 2.05) is 54.6 Å². The molecule has 0 heterocycles. The van der Waals surface area contributed by atoms with Crippen LogP contribution in [-0.4, -0.2) is 47.5 Å². The highest BCUT2D eigenvalue weighted by Gasteiger charge is 2.18. The highest BCUT2D eigenvalue weighted by atomic mass is 31.2. The van der Waals surface area contributed by atoms with Crippen molar-refractivity contribution in [3.8, 4) is 22.6 Å². The summed E-state index contributed by atoms with van der Waals surface area (Å²) in [7, 11) is -3.03. The smallest absolute Gasteiger partial charge is 0.469 e. The standard InChI is InChI=1S/C35H40NO7P/c1-41-33-20-16-30(17-21-33)27-36(23-25-43-44(38,39)40)35(37)13-6-5-8-29-9-7-12-34(26-29)42-24-22-28-14-18-32(19-15-28)31-10-3-2-4-11-31/h2-4,7,9-12,14-21,26H,5-6,8,13,22-25,27H2,1H3,(H2,38,39,40). The van der Waals surface area contributed by atoms with Gasteiger partial charge < -0.3 is 24.2 Å². The molecule has 4 rings (SSSR count). The Hall–Kier alpha value is -3.94. The number of unbranched alkanes of at least 4 members (excludes halogenated alkanes) is 1. The molecule has 8 nitrogen and oxygen atoms in total. The molecule has 0 spiro atoms. The van der Waals surface area contributed by atoms with Gasteiger partial charge in [0.05, 0.1) is 20.3 Å². The number of phosphoric acid groups is 1. The highest BCUT2D eigenvalue weighted by Crippen LogP contribution is 2.35. The van der Waals surface area contributed by atoms with E-state index in [0.717, 1.165) is 36.1 Å². The summed E-state index contributed by atoms with van der Waals surface area (Å²) >= 11 is 0. The topological polar surface area (TPSA) is 106 Å². The van der Waals surface area contributed by atoms with Crippen LogP contribution in [0.5, 0.6) is 11.5 Å². The molecule has 0 saturated heterocycles. The van der Waals surface area contributed by atoms with Crippen LogP contribution in [0.25, 0.3) is 11.1 Å². The molecule has 0 unspecified atom stereocenters. The van der Waals surface area contributed by atoms with Gasteiger partial charge in [0.25, 0.3) is 0 Å². The lowest BCUT2D eigenvalue weighted by Gasteiger charge is -2.23. The van der Waals surface area contributed by atoms with Crippen LogP contribution < -0.4 is 9.47 Å². The molecule has 0 atom stereocenters. The van der Waals surface area contributed by atoms with Gasteiger partial charge in [0.1, 0.15) is 11.5 Å². The zero-order chi connectivity index (χ0) is 31.2. The Bertz CT molecular complexity index is 1490. The third-order valence-corrected chi connectivity index (χ3v) is 7.75. The molecule has 0 bridgehead atoms. The molecule has 4 aromatic carbocycles. The molecule has 0 fully saturated rings. The number of carbonyl (C=O) groups excluding carboxylic acids is 1. The second-order valence-corrected chi connectivity index (χ2v) is 11.7. The SMILES string of the molecule is COc1ccc(CN(CCOP(=O)(O)O)C(=O)CCCCc2cccc(OCCc3ccc(-c4ccccc4)cc3)c2)cc1. The molecule has 1 amide bonds. The monoisotopic (exact) mass is 617 g/mol. The molecule has 0 aliphatic rings. The Kier molecular flexibility index (Phi) is 12.6. The summed E-state index contributed by atoms with van der Waals surface area (Å²) in [6.45, 7) is 0.715. The maximum absolute atomic E-state index is 13.0. The van der Waals surface area contributed by atoms with Gasteiger partial charge in [0.15, 0.2) is 0 Å². The maximum Gasteiger partial charge on any atom is 0.469 e. The lowest BCUT2D eigenvalue weighted by molar-refractivity contribution is -0.132. The number of hydrogen-bond acceptors (Lipinski definition) is 5. The van der Waals surface area contributed by atoms with Crippen molar-refractivity contribution in [2.24, 2.45) is 0 Å². The van der Waals surface area contributed by atoms with Crippen molar-refractivity contribution in [1.29, 1.82) is 0 Å². The van der Waals surface area contributed by atoms with Gasteiger partial charge in [-0.25, -0.2) is 4.57 Å². The number of ether oxygens (including phenoxy) is 2. The minimum atomic E-state index is -4.61. The molecule has 0 aliphatic heterocycles. The number of methoxy groups -OCH3 is 1. The number of hydrogen-bond donors (Lipinski definition) is 2. The lowest BCUT2D eigenvalue weighted by Crippen LogP contribution is -2.33. The molecule has 44 heavy (non-hydrogen) atoms. The number of benzene rings is 4. The van der Waals surface area contributed by atoms with Crippen molar-refractivity contribution in [2.45, 2.75) is 38.6 Å². The van der Waals surface area contributed by atoms with Crippen LogP contribution in [0.15, 0.2) is 103 Å². The minimum Gasteiger partial charge on any atom is -0.497 e. The second-order valence-electron chi connectivity index (χ2n) is 10.5. The number of nitrogens with zero attached hydrogens (tertiary/aromatic N) is 1. The Balaban J connectivity index is 1.21. The fourth-order valence-electron chi connectivity index (χ4n) is 4.85. The molecule has 0 aromatic heterocycles. The first-order chi connectivity index (χ1) is 21.3. The van der Waals surface area contributed by atoms with E-state index >= 15 is 0 Å². The summed E-state index contributed by atoms with van der Waals surface area (Å²) in [6, 6.07) is 34.3. The molecule has 232 valence electrons. The van der Waals surface area contributed by atoms with E-state index in [-0.39, 0.29) is 19.1 Å². The average Bonchev–Trinajstić information content (AvgIpc) is 3.03. The third-order valence-electron chi connectivity index (χ3n) is 7.23. The van der Waals surface area contributed by atoms with Crippen molar-refractivity contribution >= 4 is 13.7 Å².